The van der Waals surface area contributed by atoms with Crippen LogP contribution < -0.4 is 15.4 Å². The highest BCUT2D eigenvalue weighted by Crippen LogP contribution is 2.40. The van der Waals surface area contributed by atoms with Gasteiger partial charge in [-0.15, -0.1) is 11.3 Å². The van der Waals surface area contributed by atoms with Crippen LogP contribution in [-0.4, -0.2) is 80.8 Å². The lowest BCUT2D eigenvalue weighted by atomic mass is 9.85. The molecule has 49 heavy (non-hydrogen) atoms. The van der Waals surface area contributed by atoms with E-state index < -0.39 is 53.0 Å². The Balaban J connectivity index is 1.38. The summed E-state index contributed by atoms with van der Waals surface area (Å²) in [6.07, 6.45) is 6.12. The van der Waals surface area contributed by atoms with Crippen molar-refractivity contribution in [3.05, 3.63) is 35.0 Å². The van der Waals surface area contributed by atoms with Crippen LogP contribution in [0.25, 0.3) is 10.4 Å². The van der Waals surface area contributed by atoms with E-state index in [9.17, 15) is 28.7 Å². The van der Waals surface area contributed by atoms with E-state index in [1.165, 1.54) is 16.2 Å². The number of ether oxygens (including phenoxy) is 1. The van der Waals surface area contributed by atoms with Gasteiger partial charge in [-0.3, -0.25) is 19.2 Å². The standard InChI is InChI=1S/C36H51FN4O7S/c1-23-30(49-22-39-23)24-13-14-25(28(18-24)48-17-11-9-7-5-6-8-10-12-29(43)44)20-38-32(45)27-19-26(42)21-41(27)33(46)31(35(2,3)4)40-34(47)36(37)15-16-36/h13-14,18,22,26-27,31,42H,5-12,15-17,19-21H2,1-4H3,(H,38,45)(H,40,47)(H,43,44)/t26-,27+,31?/m1/s1. The second kappa shape index (κ2) is 16.9. The fourth-order valence-corrected chi connectivity index (χ4v) is 6.82. The molecular weight excluding hydrogens is 651 g/mol. The number of aryl methyl sites for hydroxylation is 1. The number of carbonyl (C=O) groups is 4. The number of hydrogen-bond donors (Lipinski definition) is 4. The number of aliphatic carboxylic acids is 1. The molecule has 3 atom stereocenters. The molecule has 1 saturated heterocycles. The van der Waals surface area contributed by atoms with Crippen molar-refractivity contribution in [2.45, 2.75) is 129 Å². The number of carboxylic acids is 1. The van der Waals surface area contributed by atoms with E-state index in [1.807, 2.05) is 25.1 Å². The van der Waals surface area contributed by atoms with Gasteiger partial charge in [-0.05, 0) is 49.7 Å². The van der Waals surface area contributed by atoms with E-state index in [0.717, 1.165) is 60.2 Å². The van der Waals surface area contributed by atoms with Gasteiger partial charge in [0.1, 0.15) is 17.8 Å². The van der Waals surface area contributed by atoms with E-state index in [1.54, 1.807) is 26.3 Å². The minimum absolute atomic E-state index is 0.0436. The number of hydrogen-bond acceptors (Lipinski definition) is 8. The Labute approximate surface area is 292 Å². The molecule has 3 amide bonds. The molecule has 13 heteroatoms. The summed E-state index contributed by atoms with van der Waals surface area (Å²) in [5.41, 5.74) is 1.70. The third-order valence-corrected chi connectivity index (χ3v) is 10.1. The van der Waals surface area contributed by atoms with Gasteiger partial charge < -0.3 is 30.5 Å². The number of nitrogens with zero attached hydrogens (tertiary/aromatic N) is 2. The minimum Gasteiger partial charge on any atom is -0.493 e. The smallest absolute Gasteiger partial charge is 0.303 e. The van der Waals surface area contributed by atoms with Gasteiger partial charge in [-0.25, -0.2) is 9.37 Å². The van der Waals surface area contributed by atoms with Crippen LogP contribution in [-0.2, 0) is 25.7 Å². The summed E-state index contributed by atoms with van der Waals surface area (Å²) in [5, 5.41) is 24.8. The molecule has 0 spiro atoms. The van der Waals surface area contributed by atoms with Gasteiger partial charge in [0.05, 0.1) is 28.8 Å². The normalized spacial score (nSPS) is 18.9. The number of thiazole rings is 1. The second-order valence-corrected chi connectivity index (χ2v) is 15.3. The molecule has 0 bridgehead atoms. The Kier molecular flexibility index (Phi) is 13.2. The molecule has 2 heterocycles. The third-order valence-electron chi connectivity index (χ3n) is 9.17. The van der Waals surface area contributed by atoms with E-state index >= 15 is 0 Å². The maximum atomic E-state index is 14.5. The lowest BCUT2D eigenvalue weighted by molar-refractivity contribution is -0.145. The molecular formula is C36H51FN4O7S. The zero-order valence-electron chi connectivity index (χ0n) is 29.1. The summed E-state index contributed by atoms with van der Waals surface area (Å²) in [5.74, 6) is -1.91. The van der Waals surface area contributed by atoms with Crippen molar-refractivity contribution >= 4 is 35.0 Å². The van der Waals surface area contributed by atoms with E-state index in [4.69, 9.17) is 9.84 Å². The average molecular weight is 703 g/mol. The van der Waals surface area contributed by atoms with E-state index in [0.29, 0.717) is 18.8 Å². The van der Waals surface area contributed by atoms with Crippen LogP contribution in [0.3, 0.4) is 0 Å². The first-order valence-electron chi connectivity index (χ1n) is 17.3. The number of halogens is 1. The first-order chi connectivity index (χ1) is 23.2. The van der Waals surface area contributed by atoms with Crippen molar-refractivity contribution < 1.29 is 38.5 Å². The van der Waals surface area contributed by atoms with Crippen molar-refractivity contribution in [3.8, 4) is 16.2 Å². The van der Waals surface area contributed by atoms with Gasteiger partial charge in [0.15, 0.2) is 5.67 Å². The summed E-state index contributed by atoms with van der Waals surface area (Å²) in [7, 11) is 0. The van der Waals surface area contributed by atoms with Gasteiger partial charge in [0.2, 0.25) is 11.8 Å². The molecule has 2 aromatic rings. The first kappa shape index (κ1) is 38.2. The molecule has 1 unspecified atom stereocenters. The van der Waals surface area contributed by atoms with E-state index in [2.05, 4.69) is 15.6 Å². The van der Waals surface area contributed by atoms with Crippen LogP contribution in [0.4, 0.5) is 4.39 Å². The summed E-state index contributed by atoms with van der Waals surface area (Å²) in [4.78, 5) is 57.3. The highest BCUT2D eigenvalue weighted by atomic mass is 32.1. The van der Waals surface area contributed by atoms with Crippen molar-refractivity contribution in [1.29, 1.82) is 0 Å². The second-order valence-electron chi connectivity index (χ2n) is 14.4. The Hall–Kier alpha value is -3.58. The van der Waals surface area contributed by atoms with Crippen LogP contribution in [0.5, 0.6) is 5.75 Å². The summed E-state index contributed by atoms with van der Waals surface area (Å²) in [6.45, 7) is 7.79. The summed E-state index contributed by atoms with van der Waals surface area (Å²) >= 11 is 1.53. The highest BCUT2D eigenvalue weighted by molar-refractivity contribution is 7.13. The van der Waals surface area contributed by atoms with Crippen molar-refractivity contribution in [2.24, 2.45) is 5.41 Å². The number of aromatic nitrogens is 1. The summed E-state index contributed by atoms with van der Waals surface area (Å²) in [6, 6.07) is 3.78. The fraction of sp³-hybridized carbons (Fsp3) is 0.639. The number of aliphatic hydroxyl groups is 1. The van der Waals surface area contributed by atoms with Crippen LogP contribution >= 0.6 is 11.3 Å². The Morgan fingerprint density at radius 2 is 1.78 bits per heavy atom. The number of likely N-dealkylation sites (tertiary alicyclic amines) is 1. The maximum absolute atomic E-state index is 14.5. The SMILES string of the molecule is Cc1ncsc1-c1ccc(CNC(=O)[C@@H]2C[C@@H](O)CN2C(=O)C(NC(=O)C2(F)CC2)C(C)(C)C)c(OCCCCCCCCCC(=O)O)c1. The highest BCUT2D eigenvalue weighted by Gasteiger charge is 2.53. The predicted molar refractivity (Wildman–Crippen MR) is 185 cm³/mol. The van der Waals surface area contributed by atoms with Gasteiger partial charge in [-0.2, -0.15) is 0 Å². The molecule has 4 rings (SSSR count). The van der Waals surface area contributed by atoms with Crippen molar-refractivity contribution in [1.82, 2.24) is 20.5 Å². The molecule has 1 aromatic heterocycles. The molecule has 1 saturated carbocycles. The molecule has 2 fully saturated rings. The van der Waals surface area contributed by atoms with Crippen LogP contribution in [0.15, 0.2) is 23.7 Å². The Bertz CT molecular complexity index is 1470. The number of β-amino-alcohol motifs (C(OH)–C–C–N with tert-alkyl or cyclic N) is 1. The molecule has 270 valence electrons. The van der Waals surface area contributed by atoms with Gasteiger partial charge in [-0.1, -0.05) is 65.0 Å². The fourth-order valence-electron chi connectivity index (χ4n) is 6.02. The molecule has 1 aromatic carbocycles. The maximum Gasteiger partial charge on any atom is 0.303 e. The van der Waals surface area contributed by atoms with Crippen LogP contribution in [0.2, 0.25) is 0 Å². The Morgan fingerprint density at radius 3 is 2.39 bits per heavy atom. The molecule has 1 aliphatic heterocycles. The van der Waals surface area contributed by atoms with Crippen LogP contribution in [0, 0.1) is 12.3 Å². The largest absolute Gasteiger partial charge is 0.493 e. The zero-order valence-corrected chi connectivity index (χ0v) is 29.9. The monoisotopic (exact) mass is 702 g/mol. The third kappa shape index (κ3) is 10.7. The molecule has 2 aliphatic rings. The lowest BCUT2D eigenvalue weighted by Gasteiger charge is -2.35. The number of carbonyl (C=O) groups excluding carboxylic acids is 3. The zero-order chi connectivity index (χ0) is 35.8. The number of carboxylic acid groups (broad SMARTS) is 1. The number of aliphatic hydroxyl groups excluding tert-OH is 1. The first-order valence-corrected chi connectivity index (χ1v) is 18.2. The average Bonchev–Trinajstić information content (AvgIpc) is 3.45. The van der Waals surface area contributed by atoms with Crippen molar-refractivity contribution in [3.63, 3.8) is 0 Å². The minimum atomic E-state index is -1.95. The van der Waals surface area contributed by atoms with Crippen LogP contribution in [0.1, 0.15) is 103 Å². The number of benzene rings is 1. The molecule has 11 nitrogen and oxygen atoms in total. The van der Waals surface area contributed by atoms with E-state index in [-0.39, 0.29) is 38.8 Å². The lowest BCUT2D eigenvalue weighted by Crippen LogP contribution is -2.59. The number of amides is 3. The van der Waals surface area contributed by atoms with Gasteiger partial charge in [0.25, 0.3) is 5.91 Å². The predicted octanol–water partition coefficient (Wildman–Crippen LogP) is 5.31. The Morgan fingerprint density at radius 1 is 1.10 bits per heavy atom. The number of nitrogens with one attached hydrogen (secondary N) is 2. The van der Waals surface area contributed by atoms with Crippen molar-refractivity contribution in [2.75, 3.05) is 13.2 Å². The number of rotatable bonds is 18. The molecule has 1 aliphatic carbocycles. The molecule has 0 radical (unpaired) electrons. The quantitative estimate of drug-likeness (QED) is 0.152. The van der Waals surface area contributed by atoms with Gasteiger partial charge >= 0.3 is 5.97 Å². The topological polar surface area (TPSA) is 158 Å². The summed E-state index contributed by atoms with van der Waals surface area (Å²) < 4.78 is 20.8. The number of alkyl halides is 1. The van der Waals surface area contributed by atoms with Gasteiger partial charge in [0, 0.05) is 31.5 Å². The number of unbranched alkanes of at least 4 members (excludes halogenated alkanes) is 6. The molecule has 4 N–H and O–H groups in total.